The van der Waals surface area contributed by atoms with Crippen LogP contribution in [0.2, 0.25) is 0 Å². The van der Waals surface area contributed by atoms with Gasteiger partial charge in [0.2, 0.25) is 5.91 Å². The first kappa shape index (κ1) is 8.53. The van der Waals surface area contributed by atoms with Crippen LogP contribution in [-0.4, -0.2) is 25.0 Å². The first-order valence-corrected chi connectivity index (χ1v) is 4.27. The van der Waals surface area contributed by atoms with Gasteiger partial charge in [0.15, 0.2) is 0 Å². The molecular formula is C8H16N2O. The third-order valence-electron chi connectivity index (χ3n) is 2.01. The summed E-state index contributed by atoms with van der Waals surface area (Å²) in [6, 6.07) is 0.507. The number of hydrogen-bond donors (Lipinski definition) is 2. The maximum atomic E-state index is 10.5. The fraction of sp³-hybridized carbons (Fsp3) is 0.875. The van der Waals surface area contributed by atoms with E-state index >= 15 is 0 Å². The SMILES string of the molecule is CC(=O)NC[C@@H]1CCCCN1. The molecule has 3 nitrogen and oxygen atoms in total. The van der Waals surface area contributed by atoms with Gasteiger partial charge in [-0.2, -0.15) is 0 Å². The number of hydrogen-bond acceptors (Lipinski definition) is 2. The number of amides is 1. The monoisotopic (exact) mass is 156 g/mol. The molecule has 0 aromatic heterocycles. The van der Waals surface area contributed by atoms with E-state index in [0.717, 1.165) is 13.1 Å². The van der Waals surface area contributed by atoms with Crippen LogP contribution in [0.5, 0.6) is 0 Å². The van der Waals surface area contributed by atoms with Crippen molar-refractivity contribution in [1.82, 2.24) is 10.6 Å². The second-order valence-corrected chi connectivity index (χ2v) is 3.08. The lowest BCUT2D eigenvalue weighted by Crippen LogP contribution is -2.42. The molecule has 64 valence electrons. The Labute approximate surface area is 67.5 Å². The number of nitrogens with one attached hydrogen (secondary N) is 2. The molecule has 0 radical (unpaired) electrons. The first-order chi connectivity index (χ1) is 5.29. The van der Waals surface area contributed by atoms with Gasteiger partial charge in [-0.15, -0.1) is 0 Å². The fourth-order valence-corrected chi connectivity index (χ4v) is 1.37. The lowest BCUT2D eigenvalue weighted by Gasteiger charge is -2.23. The highest BCUT2D eigenvalue weighted by Gasteiger charge is 2.11. The summed E-state index contributed by atoms with van der Waals surface area (Å²) in [5, 5.41) is 6.17. The van der Waals surface area contributed by atoms with Crippen molar-refractivity contribution >= 4 is 5.91 Å². The molecule has 1 atom stereocenters. The topological polar surface area (TPSA) is 41.1 Å². The Balaban J connectivity index is 2.09. The molecule has 0 spiro atoms. The predicted molar refractivity (Wildman–Crippen MR) is 44.3 cm³/mol. The van der Waals surface area contributed by atoms with Gasteiger partial charge in [-0.25, -0.2) is 0 Å². The van der Waals surface area contributed by atoms with Gasteiger partial charge in [0, 0.05) is 19.5 Å². The van der Waals surface area contributed by atoms with Crippen LogP contribution in [0.25, 0.3) is 0 Å². The summed E-state index contributed by atoms with van der Waals surface area (Å²) >= 11 is 0. The quantitative estimate of drug-likeness (QED) is 0.602. The highest BCUT2D eigenvalue weighted by Crippen LogP contribution is 2.05. The van der Waals surface area contributed by atoms with Crippen LogP contribution in [0, 0.1) is 0 Å². The maximum absolute atomic E-state index is 10.5. The highest BCUT2D eigenvalue weighted by atomic mass is 16.1. The highest BCUT2D eigenvalue weighted by molar-refractivity contribution is 5.72. The zero-order chi connectivity index (χ0) is 8.10. The van der Waals surface area contributed by atoms with Gasteiger partial charge in [-0.05, 0) is 19.4 Å². The van der Waals surface area contributed by atoms with Gasteiger partial charge in [0.1, 0.15) is 0 Å². The molecule has 1 saturated heterocycles. The molecule has 11 heavy (non-hydrogen) atoms. The molecule has 0 unspecified atom stereocenters. The Bertz CT molecular complexity index is 130. The second-order valence-electron chi connectivity index (χ2n) is 3.08. The van der Waals surface area contributed by atoms with Crippen molar-refractivity contribution in [3.8, 4) is 0 Å². The van der Waals surface area contributed by atoms with Gasteiger partial charge >= 0.3 is 0 Å². The zero-order valence-corrected chi connectivity index (χ0v) is 7.02. The molecule has 0 aromatic carbocycles. The molecule has 0 saturated carbocycles. The summed E-state index contributed by atoms with van der Waals surface area (Å²) in [5.74, 6) is 0.0670. The average Bonchev–Trinajstić information content (AvgIpc) is 2.03. The van der Waals surface area contributed by atoms with E-state index in [0.29, 0.717) is 6.04 Å². The Morgan fingerprint density at radius 3 is 3.00 bits per heavy atom. The summed E-state index contributed by atoms with van der Waals surface area (Å²) in [6.45, 7) is 3.45. The molecule has 0 aliphatic carbocycles. The van der Waals surface area contributed by atoms with E-state index in [4.69, 9.17) is 0 Å². The minimum atomic E-state index is 0.0670. The lowest BCUT2D eigenvalue weighted by atomic mass is 10.1. The summed E-state index contributed by atoms with van der Waals surface area (Å²) in [5.41, 5.74) is 0. The summed E-state index contributed by atoms with van der Waals surface area (Å²) in [4.78, 5) is 10.5. The van der Waals surface area contributed by atoms with Crippen molar-refractivity contribution in [2.45, 2.75) is 32.2 Å². The molecule has 0 bridgehead atoms. The van der Waals surface area contributed by atoms with Crippen LogP contribution in [0.15, 0.2) is 0 Å². The van der Waals surface area contributed by atoms with Crippen molar-refractivity contribution in [2.75, 3.05) is 13.1 Å². The van der Waals surface area contributed by atoms with Crippen molar-refractivity contribution in [1.29, 1.82) is 0 Å². The maximum Gasteiger partial charge on any atom is 0.216 e. The standard InChI is InChI=1S/C8H16N2O/c1-7(11)10-6-8-4-2-3-5-9-8/h8-9H,2-6H2,1H3,(H,10,11)/t8-/m0/s1. The van der Waals surface area contributed by atoms with Crippen molar-refractivity contribution in [2.24, 2.45) is 0 Å². The molecule has 1 aliphatic heterocycles. The van der Waals surface area contributed by atoms with Crippen LogP contribution in [0.1, 0.15) is 26.2 Å². The molecule has 1 amide bonds. The van der Waals surface area contributed by atoms with E-state index in [-0.39, 0.29) is 5.91 Å². The number of piperidine rings is 1. The minimum absolute atomic E-state index is 0.0670. The predicted octanol–water partition coefficient (Wildman–Crippen LogP) is 0.265. The van der Waals surface area contributed by atoms with E-state index in [1.807, 2.05) is 0 Å². The van der Waals surface area contributed by atoms with Crippen molar-refractivity contribution in [3.63, 3.8) is 0 Å². The minimum Gasteiger partial charge on any atom is -0.355 e. The van der Waals surface area contributed by atoms with E-state index in [2.05, 4.69) is 10.6 Å². The lowest BCUT2D eigenvalue weighted by molar-refractivity contribution is -0.119. The van der Waals surface area contributed by atoms with Crippen LogP contribution >= 0.6 is 0 Å². The number of carbonyl (C=O) groups excluding carboxylic acids is 1. The Hall–Kier alpha value is -0.570. The Morgan fingerprint density at radius 1 is 1.64 bits per heavy atom. The third kappa shape index (κ3) is 3.37. The van der Waals surface area contributed by atoms with E-state index in [1.54, 1.807) is 6.92 Å². The molecule has 1 aliphatic rings. The van der Waals surface area contributed by atoms with Crippen LogP contribution in [0.4, 0.5) is 0 Å². The molecule has 0 aromatic rings. The second kappa shape index (κ2) is 4.34. The number of carbonyl (C=O) groups is 1. The van der Waals surface area contributed by atoms with Crippen LogP contribution in [-0.2, 0) is 4.79 Å². The fourth-order valence-electron chi connectivity index (χ4n) is 1.37. The molecule has 1 heterocycles. The van der Waals surface area contributed by atoms with E-state index in [1.165, 1.54) is 19.3 Å². The van der Waals surface area contributed by atoms with Crippen molar-refractivity contribution in [3.05, 3.63) is 0 Å². The molecular weight excluding hydrogens is 140 g/mol. The summed E-state index contributed by atoms with van der Waals surface area (Å²) in [7, 11) is 0. The summed E-state index contributed by atoms with van der Waals surface area (Å²) in [6.07, 6.45) is 3.76. The smallest absolute Gasteiger partial charge is 0.216 e. The zero-order valence-electron chi connectivity index (χ0n) is 7.02. The van der Waals surface area contributed by atoms with Gasteiger partial charge in [0.05, 0.1) is 0 Å². The average molecular weight is 156 g/mol. The molecule has 1 fully saturated rings. The molecule has 1 rings (SSSR count). The third-order valence-corrected chi connectivity index (χ3v) is 2.01. The Morgan fingerprint density at radius 2 is 2.45 bits per heavy atom. The van der Waals surface area contributed by atoms with Crippen LogP contribution < -0.4 is 10.6 Å². The first-order valence-electron chi connectivity index (χ1n) is 4.27. The van der Waals surface area contributed by atoms with Gasteiger partial charge in [0.25, 0.3) is 0 Å². The largest absolute Gasteiger partial charge is 0.355 e. The van der Waals surface area contributed by atoms with Gasteiger partial charge < -0.3 is 10.6 Å². The normalized spacial score (nSPS) is 24.6. The van der Waals surface area contributed by atoms with Gasteiger partial charge in [-0.1, -0.05) is 6.42 Å². The van der Waals surface area contributed by atoms with E-state index in [9.17, 15) is 4.79 Å². The molecule has 3 heteroatoms. The van der Waals surface area contributed by atoms with Crippen LogP contribution in [0.3, 0.4) is 0 Å². The summed E-state index contributed by atoms with van der Waals surface area (Å²) < 4.78 is 0. The number of rotatable bonds is 2. The molecule has 2 N–H and O–H groups in total. The van der Waals surface area contributed by atoms with E-state index < -0.39 is 0 Å². The van der Waals surface area contributed by atoms with Gasteiger partial charge in [-0.3, -0.25) is 4.79 Å². The Kier molecular flexibility index (Phi) is 3.36. The van der Waals surface area contributed by atoms with Crippen molar-refractivity contribution < 1.29 is 4.79 Å².